The lowest BCUT2D eigenvalue weighted by Gasteiger charge is -2.42. The van der Waals surface area contributed by atoms with Gasteiger partial charge in [-0.3, -0.25) is 14.9 Å². The van der Waals surface area contributed by atoms with Gasteiger partial charge < -0.3 is 19.5 Å². The Kier molecular flexibility index (Phi) is 7.04. The molecule has 0 aromatic heterocycles. The first-order valence-corrected chi connectivity index (χ1v) is 11.6. The van der Waals surface area contributed by atoms with E-state index in [-0.39, 0.29) is 38.1 Å². The van der Waals surface area contributed by atoms with Gasteiger partial charge in [-0.15, -0.1) is 0 Å². The summed E-state index contributed by atoms with van der Waals surface area (Å²) >= 11 is 0. The molecule has 2 unspecified atom stereocenters. The number of benzene rings is 2. The molecule has 4 rings (SSSR count). The molecule has 35 heavy (non-hydrogen) atoms. The van der Waals surface area contributed by atoms with Crippen molar-refractivity contribution in [3.8, 4) is 11.1 Å². The zero-order valence-corrected chi connectivity index (χ0v) is 19.6. The smallest absolute Gasteiger partial charge is 0.408 e. The van der Waals surface area contributed by atoms with Crippen LogP contribution in [-0.2, 0) is 23.9 Å². The Labute approximate surface area is 203 Å². The molecule has 0 radical (unpaired) electrons. The maximum Gasteiger partial charge on any atom is 0.408 e. The molecule has 2 aliphatic rings. The van der Waals surface area contributed by atoms with Crippen molar-refractivity contribution in [1.82, 2.24) is 10.2 Å². The second kappa shape index (κ2) is 10.2. The molecule has 1 fully saturated rings. The average molecular weight is 481 g/mol. The van der Waals surface area contributed by atoms with E-state index in [0.29, 0.717) is 0 Å². The molecule has 0 bridgehead atoms. The topological polar surface area (TPSA) is 122 Å². The molecule has 184 valence electrons. The van der Waals surface area contributed by atoms with Gasteiger partial charge in [-0.05, 0) is 29.2 Å². The summed E-state index contributed by atoms with van der Waals surface area (Å²) in [5.41, 5.74) is 4.25. The molecule has 1 heterocycles. The molecule has 2 atom stereocenters. The second-order valence-electron chi connectivity index (χ2n) is 8.79. The number of likely N-dealkylation sites (tertiary alicyclic amines) is 1. The number of carbonyl (C=O) groups is 4. The average Bonchev–Trinajstić information content (AvgIpc) is 3.14. The number of hydrogen-bond acceptors (Lipinski definition) is 6. The molecule has 9 nitrogen and oxygen atoms in total. The van der Waals surface area contributed by atoms with E-state index in [0.717, 1.165) is 22.3 Å². The van der Waals surface area contributed by atoms with Crippen LogP contribution in [0.15, 0.2) is 48.5 Å². The van der Waals surface area contributed by atoms with Crippen molar-refractivity contribution < 1.29 is 33.8 Å². The first-order chi connectivity index (χ1) is 16.8. The van der Waals surface area contributed by atoms with Gasteiger partial charge in [0.2, 0.25) is 6.04 Å². The zero-order chi connectivity index (χ0) is 25.1. The fourth-order valence-corrected chi connectivity index (χ4v) is 4.60. The van der Waals surface area contributed by atoms with Crippen molar-refractivity contribution in [1.29, 1.82) is 0 Å². The number of esters is 1. The summed E-state index contributed by atoms with van der Waals surface area (Å²) in [6.07, 6.45) is -0.908. The zero-order valence-electron chi connectivity index (χ0n) is 19.6. The molecule has 9 heteroatoms. The number of ether oxygens (including phenoxy) is 2. The molecule has 1 saturated heterocycles. The number of amides is 2. The highest BCUT2D eigenvalue weighted by Crippen LogP contribution is 2.44. The van der Waals surface area contributed by atoms with Crippen LogP contribution >= 0.6 is 0 Å². The van der Waals surface area contributed by atoms with Crippen LogP contribution in [0.3, 0.4) is 0 Å². The number of fused-ring (bicyclic) bond motifs is 3. The first kappa shape index (κ1) is 24.3. The summed E-state index contributed by atoms with van der Waals surface area (Å²) in [6, 6.07) is 14.2. The van der Waals surface area contributed by atoms with Crippen LogP contribution in [0.5, 0.6) is 0 Å². The number of carbonyl (C=O) groups excluding carboxylic acids is 3. The van der Waals surface area contributed by atoms with Gasteiger partial charge in [0.05, 0.1) is 12.5 Å². The SMILES string of the molecule is CCOC(=O)C(NC(=O)OCC1c2ccccc2-c2ccccc21)C(=O)N1CC(C(C)C(=O)O)C1. The van der Waals surface area contributed by atoms with Crippen molar-refractivity contribution in [2.24, 2.45) is 11.8 Å². The molecule has 0 spiro atoms. The van der Waals surface area contributed by atoms with E-state index in [1.54, 1.807) is 13.8 Å². The van der Waals surface area contributed by atoms with E-state index in [2.05, 4.69) is 5.32 Å². The number of aliphatic carboxylic acids is 1. The third-order valence-corrected chi connectivity index (χ3v) is 6.69. The summed E-state index contributed by atoms with van der Waals surface area (Å²) in [7, 11) is 0. The molecule has 2 aromatic carbocycles. The number of carboxylic acids is 1. The summed E-state index contributed by atoms with van der Waals surface area (Å²) in [6.45, 7) is 3.62. The molecular weight excluding hydrogens is 452 g/mol. The van der Waals surface area contributed by atoms with Gasteiger partial charge in [0, 0.05) is 24.9 Å². The van der Waals surface area contributed by atoms with Gasteiger partial charge in [-0.1, -0.05) is 55.5 Å². The van der Waals surface area contributed by atoms with Crippen molar-refractivity contribution in [2.45, 2.75) is 25.8 Å². The van der Waals surface area contributed by atoms with Crippen LogP contribution < -0.4 is 5.32 Å². The maximum absolute atomic E-state index is 12.9. The van der Waals surface area contributed by atoms with E-state index in [9.17, 15) is 19.2 Å². The highest BCUT2D eigenvalue weighted by Gasteiger charge is 2.42. The van der Waals surface area contributed by atoms with E-state index >= 15 is 0 Å². The third-order valence-electron chi connectivity index (χ3n) is 6.69. The molecule has 2 amide bonds. The number of nitrogens with one attached hydrogen (secondary N) is 1. The van der Waals surface area contributed by atoms with Crippen LogP contribution in [0.2, 0.25) is 0 Å². The summed E-state index contributed by atoms with van der Waals surface area (Å²) in [5.74, 6) is -3.48. The number of nitrogens with zero attached hydrogens (tertiary/aromatic N) is 1. The minimum Gasteiger partial charge on any atom is -0.481 e. The first-order valence-electron chi connectivity index (χ1n) is 11.6. The number of carboxylic acid groups (broad SMARTS) is 1. The highest BCUT2D eigenvalue weighted by atomic mass is 16.6. The molecule has 1 aliphatic carbocycles. The van der Waals surface area contributed by atoms with E-state index < -0.39 is 35.9 Å². The summed E-state index contributed by atoms with van der Waals surface area (Å²) < 4.78 is 10.4. The van der Waals surface area contributed by atoms with Gasteiger partial charge in [0.15, 0.2) is 0 Å². The van der Waals surface area contributed by atoms with E-state index in [1.807, 2.05) is 48.5 Å². The molecule has 1 aliphatic heterocycles. The largest absolute Gasteiger partial charge is 0.481 e. The number of hydrogen-bond donors (Lipinski definition) is 2. The fourth-order valence-electron chi connectivity index (χ4n) is 4.60. The van der Waals surface area contributed by atoms with Crippen LogP contribution in [-0.4, -0.2) is 66.3 Å². The molecular formula is C26H28N2O7. The Balaban J connectivity index is 1.41. The van der Waals surface area contributed by atoms with Gasteiger partial charge in [-0.25, -0.2) is 9.59 Å². The van der Waals surface area contributed by atoms with Crippen molar-refractivity contribution in [3.05, 3.63) is 59.7 Å². The lowest BCUT2D eigenvalue weighted by atomic mass is 9.86. The van der Waals surface area contributed by atoms with E-state index in [1.165, 1.54) is 4.90 Å². The highest BCUT2D eigenvalue weighted by molar-refractivity contribution is 6.04. The van der Waals surface area contributed by atoms with Crippen LogP contribution in [0, 0.1) is 11.8 Å². The van der Waals surface area contributed by atoms with Crippen LogP contribution in [0.1, 0.15) is 30.9 Å². The Morgan fingerprint density at radius 1 is 1.00 bits per heavy atom. The monoisotopic (exact) mass is 480 g/mol. The minimum absolute atomic E-state index is 0.0332. The fraction of sp³-hybridized carbons (Fsp3) is 0.385. The normalized spacial score (nSPS) is 16.3. The van der Waals surface area contributed by atoms with Crippen LogP contribution in [0.25, 0.3) is 11.1 Å². The standard InChI is InChI=1S/C26H28N2O7/c1-3-34-25(32)22(23(29)28-12-16(13-28)15(2)24(30)31)27-26(33)35-14-21-19-10-6-4-8-17(19)18-9-5-7-11-20(18)21/h4-11,15-16,21-22H,3,12-14H2,1-2H3,(H,27,33)(H,30,31). The van der Waals surface area contributed by atoms with Crippen molar-refractivity contribution in [2.75, 3.05) is 26.3 Å². The van der Waals surface area contributed by atoms with Crippen molar-refractivity contribution >= 4 is 23.9 Å². The summed E-state index contributed by atoms with van der Waals surface area (Å²) in [5, 5.41) is 11.5. The minimum atomic E-state index is -1.56. The van der Waals surface area contributed by atoms with Gasteiger partial charge in [0.25, 0.3) is 5.91 Å². The summed E-state index contributed by atoms with van der Waals surface area (Å²) in [4.78, 5) is 50.5. The Hall–Kier alpha value is -3.88. The lowest BCUT2D eigenvalue weighted by molar-refractivity contribution is -0.158. The van der Waals surface area contributed by atoms with Gasteiger partial charge >= 0.3 is 18.0 Å². The third kappa shape index (κ3) is 4.84. The van der Waals surface area contributed by atoms with Crippen LogP contribution in [0.4, 0.5) is 4.79 Å². The Morgan fingerprint density at radius 3 is 2.11 bits per heavy atom. The van der Waals surface area contributed by atoms with Gasteiger partial charge in [0.1, 0.15) is 6.61 Å². The molecule has 0 saturated carbocycles. The molecule has 2 aromatic rings. The van der Waals surface area contributed by atoms with Crippen molar-refractivity contribution in [3.63, 3.8) is 0 Å². The Morgan fingerprint density at radius 2 is 1.57 bits per heavy atom. The Bertz CT molecular complexity index is 1100. The maximum atomic E-state index is 12.9. The molecule has 2 N–H and O–H groups in total. The predicted molar refractivity (Wildman–Crippen MR) is 125 cm³/mol. The van der Waals surface area contributed by atoms with E-state index in [4.69, 9.17) is 14.6 Å². The number of rotatable bonds is 8. The lowest BCUT2D eigenvalue weighted by Crippen LogP contribution is -2.61. The number of alkyl carbamates (subject to hydrolysis) is 1. The second-order valence-corrected chi connectivity index (χ2v) is 8.79. The predicted octanol–water partition coefficient (Wildman–Crippen LogP) is 2.64. The van der Waals surface area contributed by atoms with Gasteiger partial charge in [-0.2, -0.15) is 0 Å². The quantitative estimate of drug-likeness (QED) is 0.440.